The van der Waals surface area contributed by atoms with Gasteiger partial charge >= 0.3 is 0 Å². The molecule has 0 aliphatic heterocycles. The number of hydrogen-bond donors (Lipinski definition) is 1. The molecule has 4 rings (SSSR count). The van der Waals surface area contributed by atoms with Crippen LogP contribution in [0.3, 0.4) is 0 Å². The predicted molar refractivity (Wildman–Crippen MR) is 96.5 cm³/mol. The molecule has 0 fully saturated rings. The summed E-state index contributed by atoms with van der Waals surface area (Å²) in [6, 6.07) is 9.87. The molecule has 1 N–H and O–H groups in total. The van der Waals surface area contributed by atoms with E-state index in [4.69, 9.17) is 0 Å². The first-order valence-electron chi connectivity index (χ1n) is 8.84. The second-order valence-electron chi connectivity index (χ2n) is 6.98. The van der Waals surface area contributed by atoms with Crippen LogP contribution < -0.4 is 5.32 Å². The van der Waals surface area contributed by atoms with Crippen LogP contribution in [0.15, 0.2) is 42.7 Å². The molecule has 2 aromatic heterocycles. The van der Waals surface area contributed by atoms with Gasteiger partial charge in [0, 0.05) is 11.9 Å². The highest BCUT2D eigenvalue weighted by molar-refractivity contribution is 5.99. The zero-order valence-electron chi connectivity index (χ0n) is 14.6. The molecule has 1 aliphatic rings. The monoisotopic (exact) mass is 334 g/mol. The normalized spacial score (nSPS) is 17.9. The Hall–Kier alpha value is -2.69. The van der Waals surface area contributed by atoms with E-state index in [1.54, 1.807) is 6.20 Å². The number of aromatic nitrogens is 3. The summed E-state index contributed by atoms with van der Waals surface area (Å²) in [6.45, 7) is 4.25. The lowest BCUT2D eigenvalue weighted by molar-refractivity contribution is 0.0941. The fourth-order valence-corrected chi connectivity index (χ4v) is 3.57. The summed E-state index contributed by atoms with van der Waals surface area (Å²) in [5.41, 5.74) is 4.69. The summed E-state index contributed by atoms with van der Waals surface area (Å²) in [5, 5.41) is 7.50. The summed E-state index contributed by atoms with van der Waals surface area (Å²) in [5.74, 6) is 0.541. The average molecular weight is 334 g/mol. The van der Waals surface area contributed by atoms with Crippen LogP contribution in [-0.2, 0) is 12.8 Å². The predicted octanol–water partition coefficient (Wildman–Crippen LogP) is 3.35. The molecule has 1 aromatic carbocycles. The Bertz CT molecular complexity index is 916. The third-order valence-corrected chi connectivity index (χ3v) is 5.05. The van der Waals surface area contributed by atoms with Crippen LogP contribution in [-0.4, -0.2) is 20.5 Å². The molecule has 0 radical (unpaired) electrons. The highest BCUT2D eigenvalue weighted by Crippen LogP contribution is 2.26. The van der Waals surface area contributed by atoms with Crippen molar-refractivity contribution < 1.29 is 4.79 Å². The molecule has 2 heterocycles. The lowest BCUT2D eigenvalue weighted by Crippen LogP contribution is -2.26. The minimum Gasteiger partial charge on any atom is -0.345 e. The molecule has 128 valence electrons. The van der Waals surface area contributed by atoms with Crippen LogP contribution in [0.25, 0.3) is 5.65 Å². The molecular weight excluding hydrogens is 312 g/mol. The molecule has 0 spiro atoms. The van der Waals surface area contributed by atoms with Crippen LogP contribution in [0.1, 0.15) is 53.5 Å². The van der Waals surface area contributed by atoms with Gasteiger partial charge in [-0.05, 0) is 43.2 Å². The Morgan fingerprint density at radius 2 is 2.08 bits per heavy atom. The summed E-state index contributed by atoms with van der Waals surface area (Å²) in [4.78, 5) is 17.2. The number of amides is 1. The van der Waals surface area contributed by atoms with Gasteiger partial charge in [-0.2, -0.15) is 5.10 Å². The maximum Gasteiger partial charge on any atom is 0.257 e. The number of carbonyl (C=O) groups excluding carboxylic acids is 1. The van der Waals surface area contributed by atoms with Crippen LogP contribution >= 0.6 is 0 Å². The van der Waals surface area contributed by atoms with E-state index in [2.05, 4.69) is 22.3 Å². The number of rotatable bonds is 3. The number of fused-ring (bicyclic) bond motifs is 3. The average Bonchev–Trinajstić information content (AvgIpc) is 3.06. The molecule has 0 bridgehead atoms. The van der Waals surface area contributed by atoms with Crippen molar-refractivity contribution in [1.82, 2.24) is 19.9 Å². The number of aryl methyl sites for hydroxylation is 1. The maximum atomic E-state index is 12.7. The van der Waals surface area contributed by atoms with Gasteiger partial charge in [-0.1, -0.05) is 37.3 Å². The Morgan fingerprint density at radius 1 is 1.28 bits per heavy atom. The number of nitrogens with zero attached hydrogens (tertiary/aromatic N) is 3. The van der Waals surface area contributed by atoms with Crippen molar-refractivity contribution in [2.75, 3.05) is 0 Å². The molecule has 5 heteroatoms. The molecule has 5 nitrogen and oxygen atoms in total. The van der Waals surface area contributed by atoms with Gasteiger partial charge in [-0.25, -0.2) is 9.50 Å². The van der Waals surface area contributed by atoms with E-state index in [9.17, 15) is 4.79 Å². The second kappa shape index (κ2) is 6.31. The van der Waals surface area contributed by atoms with Crippen LogP contribution in [0.2, 0.25) is 0 Å². The van der Waals surface area contributed by atoms with Gasteiger partial charge in [0.25, 0.3) is 5.91 Å². The van der Waals surface area contributed by atoms with Crippen molar-refractivity contribution in [3.63, 3.8) is 0 Å². The SMILES string of the molecule is C[C@H]1CCc2c(cnc3c(C(=O)N[C@H](C)c4ccccc4)cnn23)C1. The van der Waals surface area contributed by atoms with Crippen molar-refractivity contribution in [2.24, 2.45) is 5.92 Å². The van der Waals surface area contributed by atoms with Crippen LogP contribution in [0.4, 0.5) is 0 Å². The first kappa shape index (κ1) is 15.8. The van der Waals surface area contributed by atoms with Gasteiger partial charge in [0.05, 0.1) is 12.2 Å². The van der Waals surface area contributed by atoms with Gasteiger partial charge in [0.15, 0.2) is 5.65 Å². The fraction of sp³-hybridized carbons (Fsp3) is 0.350. The summed E-state index contributed by atoms with van der Waals surface area (Å²) in [6.07, 6.45) is 6.72. The number of hydrogen-bond acceptors (Lipinski definition) is 3. The highest BCUT2D eigenvalue weighted by atomic mass is 16.1. The van der Waals surface area contributed by atoms with Crippen molar-refractivity contribution in [3.05, 3.63) is 65.1 Å². The van der Waals surface area contributed by atoms with Crippen molar-refractivity contribution >= 4 is 11.6 Å². The lowest BCUT2D eigenvalue weighted by Gasteiger charge is -2.21. The molecule has 1 amide bonds. The fourth-order valence-electron chi connectivity index (χ4n) is 3.57. The molecule has 1 aliphatic carbocycles. The summed E-state index contributed by atoms with van der Waals surface area (Å²) in [7, 11) is 0. The van der Waals surface area contributed by atoms with E-state index in [0.29, 0.717) is 17.1 Å². The van der Waals surface area contributed by atoms with Gasteiger partial charge in [-0.3, -0.25) is 4.79 Å². The van der Waals surface area contributed by atoms with Gasteiger partial charge in [0.2, 0.25) is 0 Å². The smallest absolute Gasteiger partial charge is 0.257 e. The molecule has 25 heavy (non-hydrogen) atoms. The Balaban J connectivity index is 1.62. The molecule has 3 aromatic rings. The lowest BCUT2D eigenvalue weighted by atomic mass is 9.89. The maximum absolute atomic E-state index is 12.7. The van der Waals surface area contributed by atoms with Crippen molar-refractivity contribution in [2.45, 2.75) is 39.2 Å². The largest absolute Gasteiger partial charge is 0.345 e. The van der Waals surface area contributed by atoms with Crippen molar-refractivity contribution in [1.29, 1.82) is 0 Å². The van der Waals surface area contributed by atoms with Gasteiger partial charge in [-0.15, -0.1) is 0 Å². The Morgan fingerprint density at radius 3 is 2.88 bits per heavy atom. The zero-order chi connectivity index (χ0) is 17.4. The van der Waals surface area contributed by atoms with E-state index in [-0.39, 0.29) is 11.9 Å². The molecule has 2 atom stereocenters. The highest BCUT2D eigenvalue weighted by Gasteiger charge is 2.22. The number of benzene rings is 1. The van der Waals surface area contributed by atoms with Gasteiger partial charge in [0.1, 0.15) is 5.56 Å². The molecule has 0 saturated heterocycles. The third kappa shape index (κ3) is 2.90. The topological polar surface area (TPSA) is 59.3 Å². The Kier molecular flexibility index (Phi) is 3.99. The molecular formula is C20H22N4O. The van der Waals surface area contributed by atoms with E-state index in [1.807, 2.05) is 48.0 Å². The third-order valence-electron chi connectivity index (χ3n) is 5.05. The van der Waals surface area contributed by atoms with E-state index in [0.717, 1.165) is 24.8 Å². The summed E-state index contributed by atoms with van der Waals surface area (Å²) < 4.78 is 1.85. The summed E-state index contributed by atoms with van der Waals surface area (Å²) >= 11 is 0. The first-order valence-corrected chi connectivity index (χ1v) is 8.84. The standard InChI is InChI=1S/C20H22N4O/c1-13-8-9-18-16(10-13)11-21-19-17(12-22-24(18)19)20(25)23-14(2)15-6-4-3-5-7-15/h3-7,11-14H,8-10H2,1-2H3,(H,23,25)/t13-,14+/m0/s1. The molecule has 0 saturated carbocycles. The number of carbonyl (C=O) groups is 1. The minimum atomic E-state index is -0.136. The number of nitrogens with one attached hydrogen (secondary N) is 1. The van der Waals surface area contributed by atoms with E-state index < -0.39 is 0 Å². The zero-order valence-corrected chi connectivity index (χ0v) is 14.6. The Labute approximate surface area is 147 Å². The van der Waals surface area contributed by atoms with Gasteiger partial charge < -0.3 is 5.32 Å². The second-order valence-corrected chi connectivity index (χ2v) is 6.98. The van der Waals surface area contributed by atoms with Crippen molar-refractivity contribution in [3.8, 4) is 0 Å². The van der Waals surface area contributed by atoms with Crippen LogP contribution in [0.5, 0.6) is 0 Å². The van der Waals surface area contributed by atoms with E-state index in [1.165, 1.54) is 11.3 Å². The minimum absolute atomic E-state index is 0.0675. The quantitative estimate of drug-likeness (QED) is 0.799. The van der Waals surface area contributed by atoms with E-state index >= 15 is 0 Å². The van der Waals surface area contributed by atoms with Crippen LogP contribution in [0, 0.1) is 5.92 Å². The molecule has 0 unspecified atom stereocenters. The first-order chi connectivity index (χ1) is 12.1.